The van der Waals surface area contributed by atoms with E-state index in [-0.39, 0.29) is 22.5 Å². The molecule has 0 bridgehead atoms. The summed E-state index contributed by atoms with van der Waals surface area (Å²) in [4.78, 5) is 10.1. The smallest absolute Gasteiger partial charge is 0.274 e. The van der Waals surface area contributed by atoms with Crippen LogP contribution in [0.3, 0.4) is 0 Å². The zero-order chi connectivity index (χ0) is 14.8. The van der Waals surface area contributed by atoms with Gasteiger partial charge in [-0.25, -0.2) is 13.6 Å². The summed E-state index contributed by atoms with van der Waals surface area (Å²) in [5, 5.41) is 16.0. The van der Waals surface area contributed by atoms with Crippen LogP contribution in [-0.2, 0) is 10.0 Å². The fourth-order valence-corrected chi connectivity index (χ4v) is 2.36. The molecule has 7 nitrogen and oxygen atoms in total. The number of nitro benzene ring substituents is 1. The molecule has 0 aliphatic carbocycles. The molecule has 106 valence electrons. The first-order valence-corrected chi connectivity index (χ1v) is 7.29. The van der Waals surface area contributed by atoms with E-state index in [1.165, 1.54) is 12.1 Å². The molecule has 0 spiro atoms. The molecule has 19 heavy (non-hydrogen) atoms. The highest BCUT2D eigenvalue weighted by atomic mass is 32.2. The fourth-order valence-electron chi connectivity index (χ4n) is 1.83. The van der Waals surface area contributed by atoms with Gasteiger partial charge < -0.3 is 5.73 Å². The average molecular weight is 287 g/mol. The van der Waals surface area contributed by atoms with Crippen LogP contribution in [0, 0.1) is 10.1 Å². The van der Waals surface area contributed by atoms with E-state index < -0.39 is 14.9 Å². The van der Waals surface area contributed by atoms with Gasteiger partial charge in [0.1, 0.15) is 0 Å². The van der Waals surface area contributed by atoms with Crippen LogP contribution < -0.4 is 10.9 Å². The van der Waals surface area contributed by atoms with Crippen molar-refractivity contribution in [1.29, 1.82) is 0 Å². The molecule has 1 aromatic rings. The predicted octanol–water partition coefficient (Wildman–Crippen LogP) is 1.08. The number of nitrogens with zero attached hydrogens (tertiary/aromatic N) is 1. The lowest BCUT2D eigenvalue weighted by Crippen LogP contribution is -2.26. The lowest BCUT2D eigenvalue weighted by Gasteiger charge is -2.18. The molecule has 0 amide bonds. The Hall–Kier alpha value is -1.51. The standard InChI is InChI=1S/C11H17N3O4S/c1-3-10(12)7(2)9-5-4-8(19(13,17)18)6-11(9)14(15)16/h4-7,10H,3,12H2,1-2H3,(H2,13,17,18). The molecule has 0 aromatic heterocycles. The zero-order valence-electron chi connectivity index (χ0n) is 10.7. The minimum Gasteiger partial charge on any atom is -0.327 e. The molecule has 8 heteroatoms. The van der Waals surface area contributed by atoms with Crippen LogP contribution in [0.5, 0.6) is 0 Å². The number of hydrogen-bond donors (Lipinski definition) is 2. The summed E-state index contributed by atoms with van der Waals surface area (Å²) in [5.41, 5.74) is 6.01. The van der Waals surface area contributed by atoms with Crippen LogP contribution in [0.2, 0.25) is 0 Å². The van der Waals surface area contributed by atoms with E-state index in [1.54, 1.807) is 6.92 Å². The van der Waals surface area contributed by atoms with Crippen molar-refractivity contribution in [2.45, 2.75) is 37.1 Å². The fraction of sp³-hybridized carbons (Fsp3) is 0.455. The first-order chi connectivity index (χ1) is 8.68. The first kappa shape index (κ1) is 15.5. The van der Waals surface area contributed by atoms with Gasteiger partial charge in [-0.2, -0.15) is 0 Å². The Morgan fingerprint density at radius 1 is 1.42 bits per heavy atom. The predicted molar refractivity (Wildman–Crippen MR) is 71.2 cm³/mol. The summed E-state index contributed by atoms with van der Waals surface area (Å²) in [6.45, 7) is 3.65. The van der Waals surface area contributed by atoms with Crippen LogP contribution in [0.1, 0.15) is 31.7 Å². The molecule has 4 N–H and O–H groups in total. The maximum Gasteiger partial charge on any atom is 0.274 e. The third-order valence-corrected chi connectivity index (χ3v) is 4.04. The highest BCUT2D eigenvalue weighted by Crippen LogP contribution is 2.30. The third kappa shape index (κ3) is 3.49. The Morgan fingerprint density at radius 3 is 2.42 bits per heavy atom. The van der Waals surface area contributed by atoms with Gasteiger partial charge >= 0.3 is 0 Å². The van der Waals surface area contributed by atoms with Crippen LogP contribution in [0.15, 0.2) is 23.1 Å². The molecule has 0 fully saturated rings. The minimum absolute atomic E-state index is 0.237. The third-order valence-electron chi connectivity index (χ3n) is 3.13. The molecule has 0 saturated heterocycles. The molecule has 0 radical (unpaired) electrons. The van der Waals surface area contributed by atoms with Gasteiger partial charge in [0.2, 0.25) is 10.0 Å². The monoisotopic (exact) mass is 287 g/mol. The quantitative estimate of drug-likeness (QED) is 0.618. The van der Waals surface area contributed by atoms with E-state index >= 15 is 0 Å². The van der Waals surface area contributed by atoms with E-state index in [0.29, 0.717) is 12.0 Å². The second kappa shape index (κ2) is 5.64. The summed E-state index contributed by atoms with van der Waals surface area (Å²) in [6.07, 6.45) is 0.662. The van der Waals surface area contributed by atoms with E-state index in [1.807, 2.05) is 6.92 Å². The van der Waals surface area contributed by atoms with E-state index in [0.717, 1.165) is 6.07 Å². The average Bonchev–Trinajstić information content (AvgIpc) is 2.35. The van der Waals surface area contributed by atoms with Gasteiger partial charge in [-0.1, -0.05) is 19.9 Å². The molecule has 0 saturated carbocycles. The summed E-state index contributed by atoms with van der Waals surface area (Å²) >= 11 is 0. The number of benzene rings is 1. The maximum atomic E-state index is 11.2. The lowest BCUT2D eigenvalue weighted by molar-refractivity contribution is -0.386. The van der Waals surface area contributed by atoms with E-state index in [2.05, 4.69) is 0 Å². The second-order valence-corrected chi connectivity index (χ2v) is 5.94. The molecule has 2 unspecified atom stereocenters. The summed E-state index contributed by atoms with van der Waals surface area (Å²) < 4.78 is 22.4. The lowest BCUT2D eigenvalue weighted by atomic mass is 9.91. The van der Waals surface area contributed by atoms with Crippen molar-refractivity contribution in [3.8, 4) is 0 Å². The molecular formula is C11H17N3O4S. The summed E-state index contributed by atoms with van der Waals surface area (Å²) in [6, 6.07) is 3.40. The number of nitro groups is 1. The summed E-state index contributed by atoms with van der Waals surface area (Å²) in [5.74, 6) is -0.250. The highest BCUT2D eigenvalue weighted by molar-refractivity contribution is 7.89. The Morgan fingerprint density at radius 2 is 2.00 bits per heavy atom. The SMILES string of the molecule is CCC(N)C(C)c1ccc(S(N)(=O)=O)cc1[N+](=O)[O-]. The Kier molecular flexibility index (Phi) is 4.61. The van der Waals surface area contributed by atoms with Gasteiger partial charge in [0.05, 0.1) is 9.82 Å². The maximum absolute atomic E-state index is 11.2. The van der Waals surface area contributed by atoms with Crippen LogP contribution >= 0.6 is 0 Å². The van der Waals surface area contributed by atoms with Crippen LogP contribution in [0.25, 0.3) is 0 Å². The molecule has 0 aliphatic rings. The number of hydrogen-bond acceptors (Lipinski definition) is 5. The van der Waals surface area contributed by atoms with Crippen molar-refractivity contribution in [3.63, 3.8) is 0 Å². The van der Waals surface area contributed by atoms with E-state index in [9.17, 15) is 18.5 Å². The van der Waals surface area contributed by atoms with Crippen molar-refractivity contribution in [1.82, 2.24) is 0 Å². The second-order valence-electron chi connectivity index (χ2n) is 4.38. The zero-order valence-corrected chi connectivity index (χ0v) is 11.6. The van der Waals surface area contributed by atoms with Gasteiger partial charge in [-0.15, -0.1) is 0 Å². The largest absolute Gasteiger partial charge is 0.327 e. The molecule has 1 rings (SSSR count). The van der Waals surface area contributed by atoms with Crippen molar-refractivity contribution < 1.29 is 13.3 Å². The molecule has 1 aromatic carbocycles. The van der Waals surface area contributed by atoms with Crippen molar-refractivity contribution >= 4 is 15.7 Å². The van der Waals surface area contributed by atoms with Gasteiger partial charge in [0.15, 0.2) is 0 Å². The Balaban J connectivity index is 3.39. The van der Waals surface area contributed by atoms with E-state index in [4.69, 9.17) is 10.9 Å². The highest BCUT2D eigenvalue weighted by Gasteiger charge is 2.25. The molecule has 0 heterocycles. The molecular weight excluding hydrogens is 270 g/mol. The van der Waals surface area contributed by atoms with Crippen molar-refractivity contribution in [2.75, 3.05) is 0 Å². The van der Waals surface area contributed by atoms with Gasteiger partial charge in [0, 0.05) is 23.6 Å². The summed E-state index contributed by atoms with van der Waals surface area (Å²) in [7, 11) is -3.96. The van der Waals surface area contributed by atoms with Gasteiger partial charge in [0.25, 0.3) is 5.69 Å². The Labute approximate surface area is 111 Å². The normalized spacial score (nSPS) is 14.9. The molecule has 0 aliphatic heterocycles. The first-order valence-electron chi connectivity index (χ1n) is 5.75. The number of rotatable bonds is 5. The number of primary sulfonamides is 1. The minimum atomic E-state index is -3.96. The topological polar surface area (TPSA) is 129 Å². The molecule has 2 atom stereocenters. The van der Waals surface area contributed by atoms with Crippen molar-refractivity contribution in [2.24, 2.45) is 10.9 Å². The number of nitrogens with two attached hydrogens (primary N) is 2. The van der Waals surface area contributed by atoms with Crippen LogP contribution in [-0.4, -0.2) is 19.4 Å². The van der Waals surface area contributed by atoms with Gasteiger partial charge in [-0.05, 0) is 12.5 Å². The Bertz CT molecular complexity index is 586. The van der Waals surface area contributed by atoms with Crippen molar-refractivity contribution in [3.05, 3.63) is 33.9 Å². The van der Waals surface area contributed by atoms with Crippen LogP contribution in [0.4, 0.5) is 5.69 Å². The number of sulfonamides is 1. The van der Waals surface area contributed by atoms with Gasteiger partial charge in [-0.3, -0.25) is 10.1 Å².